The number of rotatable bonds is 8. The molecule has 0 aliphatic heterocycles. The Morgan fingerprint density at radius 3 is 2.42 bits per heavy atom. The highest BCUT2D eigenvalue weighted by Gasteiger charge is 2.29. The number of aliphatic hydroxyl groups is 1. The van der Waals surface area contributed by atoms with Gasteiger partial charge in [0, 0.05) is 12.6 Å². The van der Waals surface area contributed by atoms with Crippen LogP contribution >= 0.6 is 0 Å². The SMILES string of the molecule is Cc1ccc(C2CC(NCCCCCCO)C2)cc1. The van der Waals surface area contributed by atoms with E-state index in [1.807, 2.05) is 0 Å². The summed E-state index contributed by atoms with van der Waals surface area (Å²) in [6.45, 7) is 3.62. The number of hydrogen-bond donors (Lipinski definition) is 2. The molecule has 1 aromatic rings. The lowest BCUT2D eigenvalue weighted by Crippen LogP contribution is -2.40. The van der Waals surface area contributed by atoms with Crippen LogP contribution in [-0.4, -0.2) is 24.3 Å². The van der Waals surface area contributed by atoms with E-state index in [1.54, 1.807) is 0 Å². The second-order valence-electron chi connectivity index (χ2n) is 5.87. The molecule has 0 spiro atoms. The summed E-state index contributed by atoms with van der Waals surface area (Å²) in [6, 6.07) is 9.73. The van der Waals surface area contributed by atoms with Gasteiger partial charge in [0.05, 0.1) is 0 Å². The van der Waals surface area contributed by atoms with Gasteiger partial charge in [0.2, 0.25) is 0 Å². The lowest BCUT2D eigenvalue weighted by Gasteiger charge is -2.36. The van der Waals surface area contributed by atoms with Crippen LogP contribution in [0.5, 0.6) is 0 Å². The Balaban J connectivity index is 1.55. The fourth-order valence-corrected chi connectivity index (χ4v) is 2.79. The Morgan fingerprint density at radius 1 is 1.05 bits per heavy atom. The molecule has 0 radical (unpaired) electrons. The number of nitrogens with one attached hydrogen (secondary N) is 1. The van der Waals surface area contributed by atoms with Gasteiger partial charge in [-0.15, -0.1) is 0 Å². The first kappa shape index (κ1) is 14.5. The number of benzene rings is 1. The molecule has 0 atom stereocenters. The summed E-state index contributed by atoms with van der Waals surface area (Å²) in [4.78, 5) is 0. The molecule has 2 nitrogen and oxygen atoms in total. The van der Waals surface area contributed by atoms with E-state index < -0.39 is 0 Å². The Hall–Kier alpha value is -0.860. The first-order chi connectivity index (χ1) is 9.29. The lowest BCUT2D eigenvalue weighted by atomic mass is 9.76. The zero-order valence-electron chi connectivity index (χ0n) is 12.1. The van der Waals surface area contributed by atoms with Gasteiger partial charge >= 0.3 is 0 Å². The molecule has 1 aromatic carbocycles. The van der Waals surface area contributed by atoms with Crippen molar-refractivity contribution in [3.8, 4) is 0 Å². The Morgan fingerprint density at radius 2 is 1.74 bits per heavy atom. The van der Waals surface area contributed by atoms with Crippen LogP contribution in [-0.2, 0) is 0 Å². The molecule has 0 unspecified atom stereocenters. The van der Waals surface area contributed by atoms with E-state index in [2.05, 4.69) is 36.5 Å². The van der Waals surface area contributed by atoms with Crippen molar-refractivity contribution in [2.24, 2.45) is 0 Å². The molecular weight excluding hydrogens is 234 g/mol. The van der Waals surface area contributed by atoms with Crippen molar-refractivity contribution in [1.82, 2.24) is 5.32 Å². The van der Waals surface area contributed by atoms with E-state index >= 15 is 0 Å². The number of aliphatic hydroxyl groups excluding tert-OH is 1. The van der Waals surface area contributed by atoms with Crippen LogP contribution in [0.1, 0.15) is 55.6 Å². The van der Waals surface area contributed by atoms with Crippen LogP contribution < -0.4 is 5.32 Å². The van der Waals surface area contributed by atoms with E-state index in [0.29, 0.717) is 6.61 Å². The molecule has 106 valence electrons. The summed E-state index contributed by atoms with van der Waals surface area (Å²) in [5.74, 6) is 0.771. The normalized spacial score (nSPS) is 22.2. The molecule has 19 heavy (non-hydrogen) atoms. The molecule has 2 N–H and O–H groups in total. The van der Waals surface area contributed by atoms with Gasteiger partial charge in [0.15, 0.2) is 0 Å². The topological polar surface area (TPSA) is 32.3 Å². The summed E-state index contributed by atoms with van der Waals surface area (Å²) >= 11 is 0. The van der Waals surface area contributed by atoms with E-state index in [9.17, 15) is 0 Å². The molecule has 0 heterocycles. The Bertz CT molecular complexity index is 354. The summed E-state index contributed by atoms with van der Waals surface area (Å²) in [7, 11) is 0. The van der Waals surface area contributed by atoms with Gasteiger partial charge in [0.25, 0.3) is 0 Å². The summed E-state index contributed by atoms with van der Waals surface area (Å²) in [6.07, 6.45) is 7.18. The minimum Gasteiger partial charge on any atom is -0.396 e. The maximum Gasteiger partial charge on any atom is 0.0431 e. The third kappa shape index (κ3) is 4.63. The predicted molar refractivity (Wildman–Crippen MR) is 80.5 cm³/mol. The highest BCUT2D eigenvalue weighted by molar-refractivity contribution is 5.26. The van der Waals surface area contributed by atoms with E-state index in [0.717, 1.165) is 31.3 Å². The third-order valence-corrected chi connectivity index (χ3v) is 4.20. The highest BCUT2D eigenvalue weighted by Crippen LogP contribution is 2.36. The maximum atomic E-state index is 8.70. The predicted octanol–water partition coefficient (Wildman–Crippen LogP) is 3.38. The quantitative estimate of drug-likeness (QED) is 0.703. The largest absolute Gasteiger partial charge is 0.396 e. The maximum absolute atomic E-state index is 8.70. The third-order valence-electron chi connectivity index (χ3n) is 4.20. The van der Waals surface area contributed by atoms with Gasteiger partial charge in [-0.2, -0.15) is 0 Å². The Labute approximate surface area is 117 Å². The van der Waals surface area contributed by atoms with Crippen molar-refractivity contribution in [2.45, 2.75) is 57.4 Å². The van der Waals surface area contributed by atoms with Crippen molar-refractivity contribution in [3.63, 3.8) is 0 Å². The average molecular weight is 261 g/mol. The minimum atomic E-state index is 0.342. The smallest absolute Gasteiger partial charge is 0.0431 e. The molecule has 1 saturated carbocycles. The van der Waals surface area contributed by atoms with E-state index in [4.69, 9.17) is 5.11 Å². The van der Waals surface area contributed by atoms with Gasteiger partial charge in [0.1, 0.15) is 0 Å². The molecular formula is C17H27NO. The molecule has 1 aliphatic rings. The van der Waals surface area contributed by atoms with Gasteiger partial charge in [-0.25, -0.2) is 0 Å². The first-order valence-electron chi connectivity index (χ1n) is 7.70. The lowest BCUT2D eigenvalue weighted by molar-refractivity contribution is 0.277. The monoisotopic (exact) mass is 261 g/mol. The van der Waals surface area contributed by atoms with Gasteiger partial charge < -0.3 is 10.4 Å². The summed E-state index contributed by atoms with van der Waals surface area (Å²) < 4.78 is 0. The second-order valence-corrected chi connectivity index (χ2v) is 5.87. The first-order valence-corrected chi connectivity index (χ1v) is 7.70. The fourth-order valence-electron chi connectivity index (χ4n) is 2.79. The molecule has 0 amide bonds. The van der Waals surface area contributed by atoms with Gasteiger partial charge in [-0.3, -0.25) is 0 Å². The number of hydrogen-bond acceptors (Lipinski definition) is 2. The summed E-state index contributed by atoms with van der Waals surface area (Å²) in [5, 5.41) is 12.3. The van der Waals surface area contributed by atoms with E-state index in [-0.39, 0.29) is 0 Å². The number of unbranched alkanes of at least 4 members (excludes halogenated alkanes) is 3. The standard InChI is InChI=1S/C17H27NO/c1-14-6-8-15(9-7-14)16-12-17(13-16)18-10-4-2-3-5-11-19/h6-9,16-19H,2-5,10-13H2,1H3. The van der Waals surface area contributed by atoms with Gasteiger partial charge in [-0.1, -0.05) is 42.7 Å². The second kappa shape index (κ2) is 7.66. The van der Waals surface area contributed by atoms with Crippen LogP contribution in [0.2, 0.25) is 0 Å². The van der Waals surface area contributed by atoms with Crippen molar-refractivity contribution in [1.29, 1.82) is 0 Å². The van der Waals surface area contributed by atoms with Crippen molar-refractivity contribution < 1.29 is 5.11 Å². The van der Waals surface area contributed by atoms with Crippen LogP contribution in [0.4, 0.5) is 0 Å². The minimum absolute atomic E-state index is 0.342. The molecule has 1 aliphatic carbocycles. The number of aryl methyl sites for hydroxylation is 1. The molecule has 0 aromatic heterocycles. The average Bonchev–Trinajstić information content (AvgIpc) is 2.37. The molecule has 0 bridgehead atoms. The molecule has 2 heteroatoms. The van der Waals surface area contributed by atoms with Crippen molar-refractivity contribution in [2.75, 3.05) is 13.2 Å². The van der Waals surface area contributed by atoms with Crippen LogP contribution in [0, 0.1) is 6.92 Å². The van der Waals surface area contributed by atoms with Gasteiger partial charge in [-0.05, 0) is 50.6 Å². The van der Waals surface area contributed by atoms with Crippen LogP contribution in [0.3, 0.4) is 0 Å². The fraction of sp³-hybridized carbons (Fsp3) is 0.647. The molecule has 1 fully saturated rings. The van der Waals surface area contributed by atoms with Crippen molar-refractivity contribution in [3.05, 3.63) is 35.4 Å². The zero-order valence-corrected chi connectivity index (χ0v) is 12.1. The van der Waals surface area contributed by atoms with Crippen molar-refractivity contribution >= 4 is 0 Å². The van der Waals surface area contributed by atoms with Crippen LogP contribution in [0.15, 0.2) is 24.3 Å². The Kier molecular flexibility index (Phi) is 5.87. The van der Waals surface area contributed by atoms with E-state index in [1.165, 1.54) is 36.8 Å². The highest BCUT2D eigenvalue weighted by atomic mass is 16.2. The van der Waals surface area contributed by atoms with Crippen LogP contribution in [0.25, 0.3) is 0 Å². The summed E-state index contributed by atoms with van der Waals surface area (Å²) in [5.41, 5.74) is 2.85. The molecule has 2 rings (SSSR count). The molecule has 0 saturated heterocycles. The zero-order chi connectivity index (χ0) is 13.5.